The first kappa shape index (κ1) is 12.5. The molecule has 0 bridgehead atoms. The van der Waals surface area contributed by atoms with Crippen LogP contribution in [0.1, 0.15) is 33.4 Å². The molecule has 0 fully saturated rings. The maximum Gasteiger partial charge on any atom is 0.260 e. The number of rotatable bonds is 1. The molecule has 0 saturated heterocycles. The molecular formula is C13H18N4O. The second kappa shape index (κ2) is 4.08. The Morgan fingerprint density at radius 2 is 2.06 bits per heavy atom. The van der Waals surface area contributed by atoms with Gasteiger partial charge in [0.2, 0.25) is 0 Å². The Morgan fingerprint density at radius 1 is 1.33 bits per heavy atom. The third-order valence-electron chi connectivity index (χ3n) is 2.67. The van der Waals surface area contributed by atoms with Crippen molar-refractivity contribution in [3.05, 3.63) is 30.1 Å². The zero-order valence-corrected chi connectivity index (χ0v) is 11.1. The third kappa shape index (κ3) is 2.34. The highest BCUT2D eigenvalue weighted by Crippen LogP contribution is 2.27. The van der Waals surface area contributed by atoms with Crippen LogP contribution in [0.3, 0.4) is 0 Å². The molecule has 5 nitrogen and oxygen atoms in total. The summed E-state index contributed by atoms with van der Waals surface area (Å²) in [5.74, 6) is 0.341. The van der Waals surface area contributed by atoms with Crippen LogP contribution >= 0.6 is 0 Å². The van der Waals surface area contributed by atoms with Crippen molar-refractivity contribution >= 4 is 11.9 Å². The number of nitrogens with zero attached hydrogens (tertiary/aromatic N) is 2. The van der Waals surface area contributed by atoms with Gasteiger partial charge in [0, 0.05) is 11.7 Å². The smallest absolute Gasteiger partial charge is 0.260 e. The molecule has 96 valence electrons. The number of aliphatic imine (C=N–C) groups is 1. The van der Waals surface area contributed by atoms with Gasteiger partial charge in [0.15, 0.2) is 11.5 Å². The highest BCUT2D eigenvalue weighted by Gasteiger charge is 2.42. The summed E-state index contributed by atoms with van der Waals surface area (Å²) in [6, 6.07) is 5.48. The number of nitrogens with one attached hydrogen (secondary N) is 2. The number of aromatic nitrogens is 1. The molecule has 0 saturated carbocycles. The molecule has 0 radical (unpaired) electrons. The van der Waals surface area contributed by atoms with Crippen LogP contribution in [0, 0.1) is 0 Å². The van der Waals surface area contributed by atoms with Gasteiger partial charge in [-0.3, -0.25) is 15.1 Å². The molecular weight excluding hydrogens is 228 g/mol. The molecule has 1 aromatic rings. The van der Waals surface area contributed by atoms with Gasteiger partial charge in [-0.15, -0.1) is 0 Å². The van der Waals surface area contributed by atoms with Crippen molar-refractivity contribution in [1.29, 1.82) is 0 Å². The highest BCUT2D eigenvalue weighted by atomic mass is 16.2. The summed E-state index contributed by atoms with van der Waals surface area (Å²) in [5.41, 5.74) is -0.454. The van der Waals surface area contributed by atoms with Crippen LogP contribution in [0.2, 0.25) is 0 Å². The largest absolute Gasteiger partial charge is 0.351 e. The van der Waals surface area contributed by atoms with Crippen molar-refractivity contribution in [2.24, 2.45) is 4.99 Å². The lowest BCUT2D eigenvalue weighted by molar-refractivity contribution is -0.123. The van der Waals surface area contributed by atoms with Gasteiger partial charge in [-0.1, -0.05) is 6.07 Å². The van der Waals surface area contributed by atoms with E-state index in [1.807, 2.05) is 39.0 Å². The van der Waals surface area contributed by atoms with Crippen molar-refractivity contribution in [3.8, 4) is 0 Å². The molecule has 0 aliphatic carbocycles. The van der Waals surface area contributed by atoms with Crippen molar-refractivity contribution < 1.29 is 4.79 Å². The van der Waals surface area contributed by atoms with Crippen LogP contribution in [0.25, 0.3) is 0 Å². The number of carbonyl (C=O) groups is 1. The Hall–Kier alpha value is -1.91. The van der Waals surface area contributed by atoms with Crippen LogP contribution in [0.15, 0.2) is 29.4 Å². The first-order valence-corrected chi connectivity index (χ1v) is 5.92. The van der Waals surface area contributed by atoms with Gasteiger partial charge in [0.05, 0.1) is 5.69 Å². The molecule has 1 aromatic heterocycles. The van der Waals surface area contributed by atoms with E-state index in [0.717, 1.165) is 0 Å². The first-order valence-electron chi connectivity index (χ1n) is 5.92. The third-order valence-corrected chi connectivity index (χ3v) is 2.67. The number of carbonyl (C=O) groups excluding carboxylic acids is 1. The van der Waals surface area contributed by atoms with Crippen LogP contribution in [-0.4, -0.2) is 22.4 Å². The summed E-state index contributed by atoms with van der Waals surface area (Å²) in [6.07, 6.45) is 1.67. The van der Waals surface area contributed by atoms with Crippen LogP contribution in [0.4, 0.5) is 0 Å². The Balaban J connectivity index is 2.31. The van der Waals surface area contributed by atoms with Gasteiger partial charge in [-0.2, -0.15) is 0 Å². The predicted molar refractivity (Wildman–Crippen MR) is 70.1 cm³/mol. The summed E-state index contributed by atoms with van der Waals surface area (Å²) >= 11 is 0. The molecule has 1 atom stereocenters. The Labute approximate surface area is 107 Å². The fourth-order valence-electron chi connectivity index (χ4n) is 1.77. The summed E-state index contributed by atoms with van der Waals surface area (Å²) in [6.45, 7) is 7.80. The van der Waals surface area contributed by atoms with Gasteiger partial charge in [-0.25, -0.2) is 4.99 Å². The maximum atomic E-state index is 12.1. The van der Waals surface area contributed by atoms with Gasteiger partial charge >= 0.3 is 0 Å². The van der Waals surface area contributed by atoms with Crippen molar-refractivity contribution in [2.45, 2.75) is 38.8 Å². The van der Waals surface area contributed by atoms with E-state index in [0.29, 0.717) is 11.7 Å². The minimum Gasteiger partial charge on any atom is -0.351 e. The SMILES string of the molecule is CC(C)(C)NC1=NC(C)(c2ccccn2)C(=O)N1. The second-order valence-corrected chi connectivity index (χ2v) is 5.58. The minimum absolute atomic E-state index is 0.151. The monoisotopic (exact) mass is 246 g/mol. The molecule has 0 aromatic carbocycles. The van der Waals surface area contributed by atoms with E-state index in [2.05, 4.69) is 20.6 Å². The number of hydrogen-bond acceptors (Lipinski definition) is 4. The lowest BCUT2D eigenvalue weighted by Gasteiger charge is -2.21. The molecule has 1 aliphatic rings. The van der Waals surface area contributed by atoms with E-state index in [4.69, 9.17) is 0 Å². The summed E-state index contributed by atoms with van der Waals surface area (Å²) in [4.78, 5) is 20.7. The zero-order chi connectivity index (χ0) is 13.4. The second-order valence-electron chi connectivity index (χ2n) is 5.58. The molecule has 1 amide bonds. The van der Waals surface area contributed by atoms with Crippen LogP contribution in [-0.2, 0) is 10.3 Å². The normalized spacial score (nSPS) is 23.6. The summed E-state index contributed by atoms with van der Waals surface area (Å²) < 4.78 is 0. The summed E-state index contributed by atoms with van der Waals surface area (Å²) in [7, 11) is 0. The maximum absolute atomic E-state index is 12.1. The van der Waals surface area contributed by atoms with Crippen LogP contribution in [0.5, 0.6) is 0 Å². The molecule has 5 heteroatoms. The molecule has 2 heterocycles. The molecule has 2 rings (SSSR count). The van der Waals surface area contributed by atoms with Crippen molar-refractivity contribution in [3.63, 3.8) is 0 Å². The summed E-state index contributed by atoms with van der Waals surface area (Å²) in [5, 5.41) is 5.92. The number of guanidine groups is 1. The zero-order valence-electron chi connectivity index (χ0n) is 11.1. The molecule has 2 N–H and O–H groups in total. The van der Waals surface area contributed by atoms with Crippen LogP contribution < -0.4 is 10.6 Å². The lowest BCUT2D eigenvalue weighted by Crippen LogP contribution is -2.47. The average Bonchev–Trinajstić information content (AvgIpc) is 2.54. The fourth-order valence-corrected chi connectivity index (χ4v) is 1.77. The molecule has 0 spiro atoms. The van der Waals surface area contributed by atoms with Crippen molar-refractivity contribution in [2.75, 3.05) is 0 Å². The molecule has 1 unspecified atom stereocenters. The van der Waals surface area contributed by atoms with Gasteiger partial charge < -0.3 is 5.32 Å². The number of hydrogen-bond donors (Lipinski definition) is 2. The van der Waals surface area contributed by atoms with Gasteiger partial charge in [0.25, 0.3) is 5.91 Å². The number of pyridine rings is 1. The van der Waals surface area contributed by atoms with Gasteiger partial charge in [0.1, 0.15) is 0 Å². The molecule has 18 heavy (non-hydrogen) atoms. The van der Waals surface area contributed by atoms with E-state index < -0.39 is 5.54 Å². The quantitative estimate of drug-likeness (QED) is 0.781. The standard InChI is InChI=1S/C13H18N4O/c1-12(2,3)16-11-15-10(18)13(4,17-11)9-7-5-6-8-14-9/h5-8H,1-4H3,(H2,15,16,17,18). The number of amides is 1. The van der Waals surface area contributed by atoms with Gasteiger partial charge in [-0.05, 0) is 39.8 Å². The average molecular weight is 246 g/mol. The van der Waals surface area contributed by atoms with Crippen molar-refractivity contribution in [1.82, 2.24) is 15.6 Å². The minimum atomic E-state index is -0.950. The lowest BCUT2D eigenvalue weighted by atomic mass is 9.98. The predicted octanol–water partition coefficient (Wildman–Crippen LogP) is 1.17. The van der Waals surface area contributed by atoms with E-state index in [9.17, 15) is 4.79 Å². The van der Waals surface area contributed by atoms with E-state index in [1.165, 1.54) is 0 Å². The first-order chi connectivity index (χ1) is 8.31. The Morgan fingerprint density at radius 3 is 2.61 bits per heavy atom. The topological polar surface area (TPSA) is 66.4 Å². The Kier molecular flexibility index (Phi) is 2.84. The fraction of sp³-hybridized carbons (Fsp3) is 0.462. The van der Waals surface area contributed by atoms with E-state index in [1.54, 1.807) is 13.1 Å². The van der Waals surface area contributed by atoms with E-state index in [-0.39, 0.29) is 11.4 Å². The Bertz CT molecular complexity index is 489. The highest BCUT2D eigenvalue weighted by molar-refractivity contribution is 6.07. The molecule has 1 aliphatic heterocycles. The van der Waals surface area contributed by atoms with E-state index >= 15 is 0 Å².